The summed E-state index contributed by atoms with van der Waals surface area (Å²) in [7, 11) is 0. The molecule has 0 aliphatic carbocycles. The predicted octanol–water partition coefficient (Wildman–Crippen LogP) is 0.162. The Bertz CT molecular complexity index is 1970. The van der Waals surface area contributed by atoms with Gasteiger partial charge in [0.15, 0.2) is 0 Å². The quantitative estimate of drug-likeness (QED) is 0.153. The molecule has 2 heterocycles. The van der Waals surface area contributed by atoms with Crippen LogP contribution in [0.2, 0.25) is 0 Å². The van der Waals surface area contributed by atoms with E-state index >= 15 is 0 Å². The number of nitrogens with zero attached hydrogens (tertiary/aromatic N) is 3. The third kappa shape index (κ3) is 5.26. The molecule has 0 saturated heterocycles. The molecule has 0 saturated carbocycles. The maximum atomic E-state index is 13.1. The SMILES string of the molecule is Nc1c(Nc2cccc(CNC(=O)c3cc(C(=O)NCc4ccc(C(=O)O)cc4)nc4noc(=O)n34)c2)c(=O)c1=O. The topological polar surface area (TPSA) is 228 Å². The molecule has 0 unspecified atom stereocenters. The lowest BCUT2D eigenvalue weighted by molar-refractivity contribution is 0.0696. The van der Waals surface area contributed by atoms with E-state index in [4.69, 9.17) is 10.8 Å². The number of nitrogens with two attached hydrogens (primary N) is 1. The summed E-state index contributed by atoms with van der Waals surface area (Å²) in [5.41, 5.74) is 5.17. The van der Waals surface area contributed by atoms with Crippen LogP contribution in [0.5, 0.6) is 0 Å². The van der Waals surface area contributed by atoms with Gasteiger partial charge in [-0.1, -0.05) is 24.3 Å². The van der Waals surface area contributed by atoms with E-state index in [0.717, 1.165) is 10.5 Å². The average molecular weight is 557 g/mol. The first-order chi connectivity index (χ1) is 19.6. The number of hydrogen-bond acceptors (Lipinski definition) is 11. The second-order valence-corrected chi connectivity index (χ2v) is 8.75. The summed E-state index contributed by atoms with van der Waals surface area (Å²) in [6.07, 6.45) is 0. The predicted molar refractivity (Wildman–Crippen MR) is 143 cm³/mol. The van der Waals surface area contributed by atoms with Crippen LogP contribution in [-0.2, 0) is 13.1 Å². The van der Waals surface area contributed by atoms with Crippen LogP contribution in [0.15, 0.2) is 73.5 Å². The van der Waals surface area contributed by atoms with Crippen molar-refractivity contribution >= 4 is 40.6 Å². The molecule has 15 heteroatoms. The van der Waals surface area contributed by atoms with Gasteiger partial charge in [-0.15, -0.1) is 0 Å². The minimum Gasteiger partial charge on any atom is -0.478 e. The molecule has 206 valence electrons. The standard InChI is InChI=1S/C26H19N7O8/c27-18-19(21(35)20(18)34)30-15-3-1-2-13(8-15)11-29-23(37)17-9-16(31-25-32-41-26(40)33(17)25)22(36)28-10-12-4-6-14(7-5-12)24(38)39/h1-9,30H,10-11,27H2,(H,28,36)(H,29,37)(H,38,39). The monoisotopic (exact) mass is 557 g/mol. The largest absolute Gasteiger partial charge is 0.478 e. The number of nitrogens with one attached hydrogen (secondary N) is 3. The number of fused-ring (bicyclic) bond motifs is 1. The van der Waals surface area contributed by atoms with Crippen LogP contribution in [0.3, 0.4) is 0 Å². The number of aromatic carboxylic acids is 1. The zero-order valence-electron chi connectivity index (χ0n) is 20.8. The molecule has 0 atom stereocenters. The number of nitrogen functional groups attached to an aromatic ring is 1. The minimum absolute atomic E-state index is 0.00900. The van der Waals surface area contributed by atoms with Gasteiger partial charge < -0.3 is 26.8 Å². The normalized spacial score (nSPS) is 10.9. The van der Waals surface area contributed by atoms with Crippen molar-refractivity contribution in [3.8, 4) is 0 Å². The van der Waals surface area contributed by atoms with Crippen LogP contribution in [0, 0.1) is 0 Å². The van der Waals surface area contributed by atoms with E-state index in [2.05, 4.69) is 30.6 Å². The number of benzene rings is 2. The van der Waals surface area contributed by atoms with Gasteiger partial charge in [0, 0.05) is 18.8 Å². The third-order valence-electron chi connectivity index (χ3n) is 6.04. The Morgan fingerprint density at radius 2 is 1.61 bits per heavy atom. The van der Waals surface area contributed by atoms with Crippen molar-refractivity contribution in [2.24, 2.45) is 0 Å². The summed E-state index contributed by atoms with van der Waals surface area (Å²) < 4.78 is 5.43. The number of carboxylic acids is 1. The van der Waals surface area contributed by atoms with Crippen molar-refractivity contribution in [3.05, 3.63) is 114 Å². The molecule has 0 aliphatic heterocycles. The van der Waals surface area contributed by atoms with E-state index in [1.165, 1.54) is 24.3 Å². The number of carbonyl (C=O) groups is 3. The highest BCUT2D eigenvalue weighted by molar-refractivity contribution is 5.98. The summed E-state index contributed by atoms with van der Waals surface area (Å²) in [5.74, 6) is -3.81. The number of hydrogen-bond donors (Lipinski definition) is 5. The second kappa shape index (κ2) is 10.6. The Morgan fingerprint density at radius 1 is 0.902 bits per heavy atom. The van der Waals surface area contributed by atoms with Crippen molar-refractivity contribution < 1.29 is 24.0 Å². The molecule has 0 spiro atoms. The van der Waals surface area contributed by atoms with Gasteiger partial charge in [0.1, 0.15) is 22.8 Å². The zero-order valence-corrected chi connectivity index (χ0v) is 20.8. The summed E-state index contributed by atoms with van der Waals surface area (Å²) in [6.45, 7) is 0.0128. The smallest absolute Gasteiger partial charge is 0.448 e. The summed E-state index contributed by atoms with van der Waals surface area (Å²) in [5, 5.41) is 20.5. The van der Waals surface area contributed by atoms with Crippen LogP contribution in [0.4, 0.5) is 17.1 Å². The summed E-state index contributed by atoms with van der Waals surface area (Å²) in [6, 6.07) is 13.6. The Kier molecular flexibility index (Phi) is 6.82. The van der Waals surface area contributed by atoms with Crippen LogP contribution in [0.1, 0.15) is 42.5 Å². The van der Waals surface area contributed by atoms with E-state index in [1.807, 2.05) is 0 Å². The molecule has 0 radical (unpaired) electrons. The number of carbonyl (C=O) groups excluding carboxylic acids is 2. The molecular formula is C26H19N7O8. The van der Waals surface area contributed by atoms with Crippen molar-refractivity contribution in [3.63, 3.8) is 0 Å². The number of aromatic nitrogens is 3. The van der Waals surface area contributed by atoms with E-state index in [-0.39, 0.29) is 47.2 Å². The van der Waals surface area contributed by atoms with Gasteiger partial charge in [0.05, 0.1) is 5.56 Å². The van der Waals surface area contributed by atoms with Crippen LogP contribution >= 0.6 is 0 Å². The Hall–Kier alpha value is -6.12. The van der Waals surface area contributed by atoms with Gasteiger partial charge in [-0.2, -0.15) is 0 Å². The molecule has 3 aromatic carbocycles. The molecule has 6 N–H and O–H groups in total. The maximum Gasteiger partial charge on any atom is 0.448 e. The van der Waals surface area contributed by atoms with E-state index in [9.17, 15) is 28.8 Å². The van der Waals surface area contributed by atoms with Gasteiger partial charge >= 0.3 is 11.7 Å². The molecule has 0 fully saturated rings. The van der Waals surface area contributed by atoms with E-state index < -0.39 is 34.4 Å². The molecule has 0 bridgehead atoms. The number of amides is 2. The zero-order chi connectivity index (χ0) is 29.3. The molecule has 0 aliphatic rings. The van der Waals surface area contributed by atoms with Crippen LogP contribution in [-0.4, -0.2) is 37.4 Å². The average Bonchev–Trinajstić information content (AvgIpc) is 3.37. The lowest BCUT2D eigenvalue weighted by Gasteiger charge is -2.12. The van der Waals surface area contributed by atoms with E-state index in [0.29, 0.717) is 16.8 Å². The Morgan fingerprint density at radius 3 is 2.32 bits per heavy atom. The molecule has 41 heavy (non-hydrogen) atoms. The minimum atomic E-state index is -1.08. The van der Waals surface area contributed by atoms with Crippen molar-refractivity contribution in [2.75, 3.05) is 11.1 Å². The van der Waals surface area contributed by atoms with Crippen molar-refractivity contribution in [1.82, 2.24) is 25.2 Å². The third-order valence-corrected chi connectivity index (χ3v) is 6.04. The molecule has 2 amide bonds. The second-order valence-electron chi connectivity index (χ2n) is 8.75. The van der Waals surface area contributed by atoms with Gasteiger partial charge in [-0.25, -0.2) is 19.0 Å². The fourth-order valence-corrected chi connectivity index (χ4v) is 3.88. The first-order valence-corrected chi connectivity index (χ1v) is 11.8. The van der Waals surface area contributed by atoms with Gasteiger partial charge in [-0.3, -0.25) is 23.7 Å². The number of rotatable bonds is 9. The molecule has 5 aromatic rings. The maximum absolute atomic E-state index is 13.1. The van der Waals surface area contributed by atoms with E-state index in [1.54, 1.807) is 24.3 Å². The van der Waals surface area contributed by atoms with Crippen LogP contribution in [0.25, 0.3) is 5.78 Å². The summed E-state index contributed by atoms with van der Waals surface area (Å²) >= 11 is 0. The fourth-order valence-electron chi connectivity index (χ4n) is 3.88. The summed E-state index contributed by atoms with van der Waals surface area (Å²) in [4.78, 5) is 76.1. The lowest BCUT2D eigenvalue weighted by atomic mass is 10.1. The molecule has 15 nitrogen and oxygen atoms in total. The first-order valence-electron chi connectivity index (χ1n) is 11.8. The Balaban J connectivity index is 1.31. The highest BCUT2D eigenvalue weighted by Crippen LogP contribution is 2.19. The lowest BCUT2D eigenvalue weighted by Crippen LogP contribution is -2.36. The van der Waals surface area contributed by atoms with Crippen LogP contribution < -0.4 is 38.3 Å². The highest BCUT2D eigenvalue weighted by Gasteiger charge is 2.21. The highest BCUT2D eigenvalue weighted by atomic mass is 16.5. The van der Waals surface area contributed by atoms with Crippen molar-refractivity contribution in [1.29, 1.82) is 0 Å². The number of carboxylic acid groups (broad SMARTS) is 1. The first kappa shape index (κ1) is 26.5. The molecule has 5 rings (SSSR count). The van der Waals surface area contributed by atoms with Gasteiger partial charge in [0.25, 0.3) is 28.4 Å². The fraction of sp³-hybridized carbons (Fsp3) is 0.0769. The number of anilines is 3. The molecular weight excluding hydrogens is 538 g/mol. The van der Waals surface area contributed by atoms with Gasteiger partial charge in [0.2, 0.25) is 0 Å². The Labute approximate surface area is 227 Å². The van der Waals surface area contributed by atoms with Gasteiger partial charge in [-0.05, 0) is 46.6 Å². The molecule has 2 aromatic heterocycles. The van der Waals surface area contributed by atoms with Crippen molar-refractivity contribution in [2.45, 2.75) is 13.1 Å².